The van der Waals surface area contributed by atoms with E-state index >= 15 is 0 Å². The van der Waals surface area contributed by atoms with Crippen LogP contribution in [0.15, 0.2) is 18.3 Å². The topological polar surface area (TPSA) is 106 Å². The second-order valence-electron chi connectivity index (χ2n) is 5.66. The number of hydrogen-bond acceptors (Lipinski definition) is 5. The van der Waals surface area contributed by atoms with Crippen molar-refractivity contribution in [2.75, 3.05) is 13.2 Å². The third-order valence-corrected chi connectivity index (χ3v) is 4.05. The smallest absolute Gasteiger partial charge is 0.326 e. The number of amides is 1. The zero-order valence-electron chi connectivity index (χ0n) is 12.7. The van der Waals surface area contributed by atoms with Crippen LogP contribution in [0.25, 0.3) is 5.65 Å². The summed E-state index contributed by atoms with van der Waals surface area (Å²) >= 11 is 0. The first-order chi connectivity index (χ1) is 11.1. The number of carbonyl (C=O) groups excluding carboxylic acids is 1. The Morgan fingerprint density at radius 2 is 2.26 bits per heavy atom. The van der Waals surface area contributed by atoms with Gasteiger partial charge in [0.05, 0.1) is 12.2 Å². The van der Waals surface area contributed by atoms with Crippen molar-refractivity contribution in [3.8, 4) is 0 Å². The van der Waals surface area contributed by atoms with Crippen LogP contribution < -0.4 is 5.32 Å². The number of rotatable bonds is 4. The summed E-state index contributed by atoms with van der Waals surface area (Å²) in [6, 6.07) is 2.32. The largest absolute Gasteiger partial charge is 0.480 e. The predicted octanol–water partition coefficient (Wildman–Crippen LogP) is 0.647. The van der Waals surface area contributed by atoms with E-state index in [1.165, 1.54) is 0 Å². The summed E-state index contributed by atoms with van der Waals surface area (Å²) in [4.78, 5) is 23.9. The minimum Gasteiger partial charge on any atom is -0.480 e. The number of hydrogen-bond donors (Lipinski definition) is 2. The van der Waals surface area contributed by atoms with Gasteiger partial charge in [0.2, 0.25) is 0 Å². The van der Waals surface area contributed by atoms with E-state index < -0.39 is 17.9 Å². The minimum absolute atomic E-state index is 0.217. The molecule has 3 rings (SSSR count). The highest BCUT2D eigenvalue weighted by molar-refractivity contribution is 5.96. The lowest BCUT2D eigenvalue weighted by Crippen LogP contribution is -2.48. The standard InChI is InChI=1S/C15H18N4O4/c1-9-17-18-12-5-4-10(7-19(9)12)14(20)16-13(15(21)22)11-3-2-6-23-8-11/h4-5,7,11,13H,2-3,6,8H2,1H3,(H,16,20)(H,21,22). The van der Waals surface area contributed by atoms with E-state index in [1.54, 1.807) is 29.7 Å². The number of ether oxygens (including phenoxy) is 1. The molecule has 2 unspecified atom stereocenters. The van der Waals surface area contributed by atoms with Crippen molar-refractivity contribution < 1.29 is 19.4 Å². The van der Waals surface area contributed by atoms with E-state index in [9.17, 15) is 14.7 Å². The van der Waals surface area contributed by atoms with E-state index in [0.29, 0.717) is 30.2 Å². The van der Waals surface area contributed by atoms with Crippen LogP contribution in [-0.4, -0.2) is 50.8 Å². The molecule has 0 aromatic carbocycles. The Kier molecular flexibility index (Phi) is 4.24. The molecule has 2 atom stereocenters. The molecule has 0 radical (unpaired) electrons. The van der Waals surface area contributed by atoms with Gasteiger partial charge in [-0.3, -0.25) is 9.20 Å². The Labute approximate surface area is 132 Å². The first kappa shape index (κ1) is 15.4. The summed E-state index contributed by atoms with van der Waals surface area (Å²) in [7, 11) is 0. The maximum atomic E-state index is 12.4. The molecule has 0 spiro atoms. The highest BCUT2D eigenvalue weighted by atomic mass is 16.5. The molecule has 2 aromatic heterocycles. The van der Waals surface area contributed by atoms with Gasteiger partial charge in [-0.15, -0.1) is 10.2 Å². The second-order valence-corrected chi connectivity index (χ2v) is 5.66. The average molecular weight is 318 g/mol. The van der Waals surface area contributed by atoms with Crippen molar-refractivity contribution in [1.82, 2.24) is 19.9 Å². The van der Waals surface area contributed by atoms with Gasteiger partial charge in [-0.05, 0) is 31.9 Å². The number of nitrogens with one attached hydrogen (secondary N) is 1. The molecule has 1 fully saturated rings. The van der Waals surface area contributed by atoms with Gasteiger partial charge in [0.15, 0.2) is 5.65 Å². The minimum atomic E-state index is -1.05. The predicted molar refractivity (Wildman–Crippen MR) is 80.2 cm³/mol. The van der Waals surface area contributed by atoms with Crippen molar-refractivity contribution >= 4 is 17.5 Å². The maximum absolute atomic E-state index is 12.4. The molecule has 2 aromatic rings. The number of nitrogens with zero attached hydrogens (tertiary/aromatic N) is 3. The monoisotopic (exact) mass is 318 g/mol. The van der Waals surface area contributed by atoms with Crippen LogP contribution in [0.5, 0.6) is 0 Å². The van der Waals surface area contributed by atoms with Crippen LogP contribution in [0.1, 0.15) is 29.0 Å². The Hall–Kier alpha value is -2.48. The third kappa shape index (κ3) is 3.16. The fourth-order valence-corrected chi connectivity index (χ4v) is 2.77. The molecular weight excluding hydrogens is 300 g/mol. The summed E-state index contributed by atoms with van der Waals surface area (Å²) in [6.45, 7) is 2.77. The van der Waals surface area contributed by atoms with E-state index in [0.717, 1.165) is 12.8 Å². The molecule has 8 heteroatoms. The molecule has 8 nitrogen and oxygen atoms in total. The average Bonchev–Trinajstić information content (AvgIpc) is 2.93. The van der Waals surface area contributed by atoms with Gasteiger partial charge in [0, 0.05) is 18.7 Å². The van der Waals surface area contributed by atoms with Crippen molar-refractivity contribution in [3.05, 3.63) is 29.7 Å². The van der Waals surface area contributed by atoms with Gasteiger partial charge >= 0.3 is 5.97 Å². The maximum Gasteiger partial charge on any atom is 0.326 e. The first-order valence-corrected chi connectivity index (χ1v) is 7.49. The van der Waals surface area contributed by atoms with Gasteiger partial charge in [0.25, 0.3) is 5.91 Å². The lowest BCUT2D eigenvalue weighted by molar-refractivity contribution is -0.142. The van der Waals surface area contributed by atoms with Crippen molar-refractivity contribution in [1.29, 1.82) is 0 Å². The zero-order chi connectivity index (χ0) is 16.4. The number of carboxylic acid groups (broad SMARTS) is 1. The Balaban J connectivity index is 1.79. The lowest BCUT2D eigenvalue weighted by Gasteiger charge is -2.28. The second kappa shape index (κ2) is 6.33. The third-order valence-electron chi connectivity index (χ3n) is 4.05. The van der Waals surface area contributed by atoms with Crippen LogP contribution in [0.3, 0.4) is 0 Å². The molecule has 1 aliphatic heterocycles. The summed E-state index contributed by atoms with van der Waals surface area (Å²) in [5.41, 5.74) is 0.998. The van der Waals surface area contributed by atoms with Crippen molar-refractivity contribution in [3.63, 3.8) is 0 Å². The first-order valence-electron chi connectivity index (χ1n) is 7.49. The number of carboxylic acids is 1. The fraction of sp³-hybridized carbons (Fsp3) is 0.467. The van der Waals surface area contributed by atoms with Crippen LogP contribution >= 0.6 is 0 Å². The molecule has 1 saturated heterocycles. The molecule has 23 heavy (non-hydrogen) atoms. The fourth-order valence-electron chi connectivity index (χ4n) is 2.77. The zero-order valence-corrected chi connectivity index (χ0v) is 12.7. The number of fused-ring (bicyclic) bond motifs is 1. The molecule has 1 amide bonds. The summed E-state index contributed by atoms with van der Waals surface area (Å²) in [5.74, 6) is -1.04. The normalized spacial score (nSPS) is 19.4. The Morgan fingerprint density at radius 3 is 2.96 bits per heavy atom. The van der Waals surface area contributed by atoms with E-state index in [2.05, 4.69) is 15.5 Å². The molecule has 0 saturated carbocycles. The number of aliphatic carboxylic acids is 1. The van der Waals surface area contributed by atoms with Crippen LogP contribution in [0.4, 0.5) is 0 Å². The quantitative estimate of drug-likeness (QED) is 0.857. The number of carbonyl (C=O) groups is 2. The van der Waals surface area contributed by atoms with Gasteiger partial charge in [-0.2, -0.15) is 0 Å². The van der Waals surface area contributed by atoms with Crippen LogP contribution in [0.2, 0.25) is 0 Å². The Bertz CT molecular complexity index is 736. The summed E-state index contributed by atoms with van der Waals surface area (Å²) < 4.78 is 7.02. The van der Waals surface area contributed by atoms with Gasteiger partial charge < -0.3 is 15.2 Å². The lowest BCUT2D eigenvalue weighted by atomic mass is 9.93. The van der Waals surface area contributed by atoms with Gasteiger partial charge in [0.1, 0.15) is 11.9 Å². The van der Waals surface area contributed by atoms with Crippen molar-refractivity contribution in [2.24, 2.45) is 5.92 Å². The summed E-state index contributed by atoms with van der Waals surface area (Å²) in [5, 5.41) is 19.9. The highest BCUT2D eigenvalue weighted by Crippen LogP contribution is 2.18. The van der Waals surface area contributed by atoms with E-state index in [-0.39, 0.29) is 5.92 Å². The Morgan fingerprint density at radius 1 is 1.43 bits per heavy atom. The molecule has 0 bridgehead atoms. The molecule has 3 heterocycles. The SMILES string of the molecule is Cc1nnc2ccc(C(=O)NC(C(=O)O)C3CCCOC3)cn12. The molecular formula is C15H18N4O4. The molecule has 122 valence electrons. The van der Waals surface area contributed by atoms with Crippen LogP contribution in [0, 0.1) is 12.8 Å². The highest BCUT2D eigenvalue weighted by Gasteiger charge is 2.31. The van der Waals surface area contributed by atoms with E-state index in [4.69, 9.17) is 4.74 Å². The molecule has 1 aliphatic rings. The summed E-state index contributed by atoms with van der Waals surface area (Å²) in [6.07, 6.45) is 3.13. The number of aryl methyl sites for hydroxylation is 1. The van der Waals surface area contributed by atoms with Crippen LogP contribution in [-0.2, 0) is 9.53 Å². The molecule has 2 N–H and O–H groups in total. The number of aromatic nitrogens is 3. The number of pyridine rings is 1. The van der Waals surface area contributed by atoms with Crippen molar-refractivity contribution in [2.45, 2.75) is 25.8 Å². The van der Waals surface area contributed by atoms with Gasteiger partial charge in [-0.25, -0.2) is 4.79 Å². The molecule has 0 aliphatic carbocycles. The van der Waals surface area contributed by atoms with Gasteiger partial charge in [-0.1, -0.05) is 0 Å². The van der Waals surface area contributed by atoms with E-state index in [1.807, 2.05) is 0 Å².